The third kappa shape index (κ3) is 5.81. The zero-order valence-corrected chi connectivity index (χ0v) is 14.0. The maximum Gasteiger partial charge on any atom is 0.308 e. The van der Waals surface area contributed by atoms with Crippen LogP contribution in [-0.4, -0.2) is 67.1 Å². The van der Waals surface area contributed by atoms with Crippen molar-refractivity contribution in [1.82, 2.24) is 10.2 Å². The van der Waals surface area contributed by atoms with Crippen LogP contribution in [0.3, 0.4) is 0 Å². The first-order valence-corrected chi connectivity index (χ1v) is 8.01. The summed E-state index contributed by atoms with van der Waals surface area (Å²) in [6.07, 6.45) is -0.0882. The van der Waals surface area contributed by atoms with E-state index in [2.05, 4.69) is 5.32 Å². The summed E-state index contributed by atoms with van der Waals surface area (Å²) in [5.41, 5.74) is 0.126. The van der Waals surface area contributed by atoms with Crippen molar-refractivity contribution in [3.8, 4) is 0 Å². The number of carbonyl (C=O) groups is 3. The van der Waals surface area contributed by atoms with Crippen molar-refractivity contribution in [3.63, 3.8) is 0 Å². The summed E-state index contributed by atoms with van der Waals surface area (Å²) in [7, 11) is 0. The lowest BCUT2D eigenvalue weighted by Gasteiger charge is -2.26. The molecule has 1 aromatic rings. The Kier molecular flexibility index (Phi) is 7.03. The number of esters is 1. The average molecular weight is 365 g/mol. The standard InChI is InChI=1S/C16H19N3O7/c20-14(18-7-9-25-10-8-18)11-26-15(21)5-6-17-16(22)12-1-3-13(4-2-12)19(23)24/h1-4H,5-11H2,(H,17,22). The number of hydrogen-bond donors (Lipinski definition) is 1. The molecule has 10 nitrogen and oxygen atoms in total. The molecule has 140 valence electrons. The number of nitrogens with zero attached hydrogens (tertiary/aromatic N) is 2. The van der Waals surface area contributed by atoms with Crippen molar-refractivity contribution in [2.45, 2.75) is 6.42 Å². The predicted octanol–water partition coefficient (Wildman–Crippen LogP) is 0.117. The van der Waals surface area contributed by atoms with E-state index in [1.807, 2.05) is 0 Å². The van der Waals surface area contributed by atoms with Crippen LogP contribution < -0.4 is 5.32 Å². The highest BCUT2D eigenvalue weighted by Gasteiger charge is 2.18. The molecule has 0 radical (unpaired) electrons. The number of ether oxygens (including phenoxy) is 2. The number of non-ortho nitro benzene ring substituents is 1. The summed E-state index contributed by atoms with van der Waals surface area (Å²) in [5.74, 6) is -1.34. The molecule has 0 aliphatic carbocycles. The minimum atomic E-state index is -0.601. The molecule has 1 saturated heterocycles. The number of carbonyl (C=O) groups excluding carboxylic acids is 3. The average Bonchev–Trinajstić information content (AvgIpc) is 2.66. The topological polar surface area (TPSA) is 128 Å². The molecule has 1 N–H and O–H groups in total. The Balaban J connectivity index is 1.66. The summed E-state index contributed by atoms with van der Waals surface area (Å²) in [5, 5.41) is 13.1. The van der Waals surface area contributed by atoms with Crippen molar-refractivity contribution < 1.29 is 28.8 Å². The van der Waals surface area contributed by atoms with E-state index in [9.17, 15) is 24.5 Å². The number of nitro groups is 1. The number of amides is 2. The van der Waals surface area contributed by atoms with Crippen LogP contribution in [0.5, 0.6) is 0 Å². The van der Waals surface area contributed by atoms with E-state index in [0.717, 1.165) is 0 Å². The maximum absolute atomic E-state index is 11.9. The number of morpholine rings is 1. The van der Waals surface area contributed by atoms with Gasteiger partial charge in [0.25, 0.3) is 17.5 Å². The molecule has 1 aromatic carbocycles. The maximum atomic E-state index is 11.9. The Labute approximate surface area is 149 Å². The monoisotopic (exact) mass is 365 g/mol. The number of benzene rings is 1. The molecule has 1 heterocycles. The normalized spacial score (nSPS) is 13.8. The molecular weight excluding hydrogens is 346 g/mol. The molecule has 2 rings (SSSR count). The molecule has 0 spiro atoms. The molecule has 26 heavy (non-hydrogen) atoms. The van der Waals surface area contributed by atoms with Gasteiger partial charge in [-0.15, -0.1) is 0 Å². The molecule has 1 aliphatic heterocycles. The first-order chi connectivity index (χ1) is 12.5. The van der Waals surface area contributed by atoms with Crippen LogP contribution in [0.15, 0.2) is 24.3 Å². The molecule has 10 heteroatoms. The highest BCUT2D eigenvalue weighted by molar-refractivity contribution is 5.94. The minimum absolute atomic E-state index is 0.0282. The Morgan fingerprint density at radius 2 is 1.85 bits per heavy atom. The molecule has 2 amide bonds. The molecule has 0 aromatic heterocycles. The Morgan fingerprint density at radius 1 is 1.19 bits per heavy atom. The predicted molar refractivity (Wildman–Crippen MR) is 88.4 cm³/mol. The van der Waals surface area contributed by atoms with Crippen molar-refractivity contribution in [3.05, 3.63) is 39.9 Å². The summed E-state index contributed by atoms with van der Waals surface area (Å²) in [6, 6.07) is 5.10. The fourth-order valence-electron chi connectivity index (χ4n) is 2.23. The molecule has 0 saturated carbocycles. The molecule has 1 fully saturated rings. The molecule has 0 bridgehead atoms. The second-order valence-electron chi connectivity index (χ2n) is 5.46. The van der Waals surface area contributed by atoms with E-state index in [1.165, 1.54) is 24.3 Å². The summed E-state index contributed by atoms with van der Waals surface area (Å²) >= 11 is 0. The van der Waals surface area contributed by atoms with Crippen LogP contribution >= 0.6 is 0 Å². The number of hydrogen-bond acceptors (Lipinski definition) is 7. The Hall–Kier alpha value is -3.01. The van der Waals surface area contributed by atoms with Gasteiger partial charge in [-0.3, -0.25) is 24.5 Å². The van der Waals surface area contributed by atoms with E-state index in [1.54, 1.807) is 4.90 Å². The van der Waals surface area contributed by atoms with Crippen molar-refractivity contribution in [2.75, 3.05) is 39.5 Å². The van der Waals surface area contributed by atoms with Crippen LogP contribution in [0.1, 0.15) is 16.8 Å². The number of nitrogens with one attached hydrogen (secondary N) is 1. The van der Waals surface area contributed by atoms with E-state index >= 15 is 0 Å². The van der Waals surface area contributed by atoms with Gasteiger partial charge in [0.05, 0.1) is 24.6 Å². The SMILES string of the molecule is O=C(CCNC(=O)c1ccc([N+](=O)[O-])cc1)OCC(=O)N1CCOCC1. The van der Waals surface area contributed by atoms with E-state index in [4.69, 9.17) is 9.47 Å². The van der Waals surface area contributed by atoms with Gasteiger partial charge in [-0.05, 0) is 12.1 Å². The van der Waals surface area contributed by atoms with Crippen molar-refractivity contribution in [2.24, 2.45) is 0 Å². The van der Waals surface area contributed by atoms with Crippen LogP contribution in [0.25, 0.3) is 0 Å². The van der Waals surface area contributed by atoms with Crippen LogP contribution in [0, 0.1) is 10.1 Å². The molecule has 1 aliphatic rings. The van der Waals surface area contributed by atoms with E-state index in [-0.39, 0.29) is 36.7 Å². The first-order valence-electron chi connectivity index (χ1n) is 8.01. The van der Waals surface area contributed by atoms with Gasteiger partial charge in [0.1, 0.15) is 0 Å². The quantitative estimate of drug-likeness (QED) is 0.413. The van der Waals surface area contributed by atoms with Gasteiger partial charge in [0, 0.05) is 37.3 Å². The second kappa shape index (κ2) is 9.47. The van der Waals surface area contributed by atoms with Crippen LogP contribution in [-0.2, 0) is 19.1 Å². The lowest BCUT2D eigenvalue weighted by Crippen LogP contribution is -2.42. The summed E-state index contributed by atoms with van der Waals surface area (Å²) in [6.45, 7) is 1.57. The minimum Gasteiger partial charge on any atom is -0.456 e. The molecule has 0 unspecified atom stereocenters. The second-order valence-corrected chi connectivity index (χ2v) is 5.46. The van der Waals surface area contributed by atoms with Gasteiger partial charge < -0.3 is 19.7 Å². The zero-order chi connectivity index (χ0) is 18.9. The van der Waals surface area contributed by atoms with Gasteiger partial charge in [-0.25, -0.2) is 0 Å². The lowest BCUT2D eigenvalue weighted by atomic mass is 10.2. The van der Waals surface area contributed by atoms with Gasteiger partial charge in [-0.2, -0.15) is 0 Å². The summed E-state index contributed by atoms with van der Waals surface area (Å²) in [4.78, 5) is 46.9. The molecular formula is C16H19N3O7. The zero-order valence-electron chi connectivity index (χ0n) is 14.0. The fraction of sp³-hybridized carbons (Fsp3) is 0.438. The first kappa shape index (κ1) is 19.3. The highest BCUT2D eigenvalue weighted by atomic mass is 16.6. The third-order valence-electron chi connectivity index (χ3n) is 3.68. The fourth-order valence-corrected chi connectivity index (χ4v) is 2.23. The van der Waals surface area contributed by atoms with Crippen molar-refractivity contribution in [1.29, 1.82) is 0 Å². The van der Waals surface area contributed by atoms with Crippen molar-refractivity contribution >= 4 is 23.5 Å². The van der Waals surface area contributed by atoms with Gasteiger partial charge >= 0.3 is 5.97 Å². The number of nitro benzene ring substituents is 1. The number of rotatable bonds is 7. The Bertz CT molecular complexity index is 669. The summed E-state index contributed by atoms with van der Waals surface area (Å²) < 4.78 is 10.0. The lowest BCUT2D eigenvalue weighted by molar-refractivity contribution is -0.384. The van der Waals surface area contributed by atoms with Crippen LogP contribution in [0.2, 0.25) is 0 Å². The van der Waals surface area contributed by atoms with Gasteiger partial charge in [-0.1, -0.05) is 0 Å². The van der Waals surface area contributed by atoms with E-state index in [0.29, 0.717) is 26.3 Å². The Morgan fingerprint density at radius 3 is 2.46 bits per heavy atom. The molecule has 0 atom stereocenters. The van der Waals surface area contributed by atoms with Gasteiger partial charge in [0.2, 0.25) is 0 Å². The van der Waals surface area contributed by atoms with Gasteiger partial charge in [0.15, 0.2) is 6.61 Å². The highest BCUT2D eigenvalue weighted by Crippen LogP contribution is 2.11. The van der Waals surface area contributed by atoms with E-state index < -0.39 is 16.8 Å². The third-order valence-corrected chi connectivity index (χ3v) is 3.68. The largest absolute Gasteiger partial charge is 0.456 e. The smallest absolute Gasteiger partial charge is 0.308 e. The van der Waals surface area contributed by atoms with Crippen LogP contribution in [0.4, 0.5) is 5.69 Å².